The van der Waals surface area contributed by atoms with Gasteiger partial charge in [-0.2, -0.15) is 5.26 Å². The predicted molar refractivity (Wildman–Crippen MR) is 47.7 cm³/mol. The van der Waals surface area contributed by atoms with Crippen LogP contribution in [0.1, 0.15) is 19.5 Å². The van der Waals surface area contributed by atoms with E-state index in [9.17, 15) is 5.11 Å². The number of aromatic nitrogens is 2. The maximum atomic E-state index is 9.49. The van der Waals surface area contributed by atoms with Crippen molar-refractivity contribution in [3.8, 4) is 6.07 Å². The van der Waals surface area contributed by atoms with Gasteiger partial charge in [0.2, 0.25) is 0 Å². The molecule has 13 heavy (non-hydrogen) atoms. The zero-order valence-electron chi connectivity index (χ0n) is 7.65. The monoisotopic (exact) mass is 180 g/mol. The fraction of sp³-hybridized carbons (Fsp3) is 0.500. The lowest BCUT2D eigenvalue weighted by Gasteiger charge is -2.18. The van der Waals surface area contributed by atoms with E-state index in [4.69, 9.17) is 11.0 Å². The molecule has 5 nitrogen and oxygen atoms in total. The van der Waals surface area contributed by atoms with Crippen molar-refractivity contribution in [3.05, 3.63) is 12.0 Å². The summed E-state index contributed by atoms with van der Waals surface area (Å²) in [4.78, 5) is 3.78. The first kappa shape index (κ1) is 9.55. The van der Waals surface area contributed by atoms with Crippen LogP contribution in [-0.4, -0.2) is 20.3 Å². The van der Waals surface area contributed by atoms with Crippen molar-refractivity contribution in [1.82, 2.24) is 9.55 Å². The Morgan fingerprint density at radius 2 is 2.38 bits per heavy atom. The summed E-state index contributed by atoms with van der Waals surface area (Å²) in [6.45, 7) is 3.66. The largest absolute Gasteiger partial charge is 0.389 e. The van der Waals surface area contributed by atoms with E-state index in [0.717, 1.165) is 0 Å². The second-order valence-electron chi connectivity index (χ2n) is 3.53. The van der Waals surface area contributed by atoms with Crippen LogP contribution in [0.15, 0.2) is 6.33 Å². The molecule has 0 aliphatic carbocycles. The second-order valence-corrected chi connectivity index (χ2v) is 3.53. The normalized spacial score (nSPS) is 11.2. The molecule has 0 saturated carbocycles. The molecule has 70 valence electrons. The fourth-order valence-electron chi connectivity index (χ4n) is 1.02. The van der Waals surface area contributed by atoms with Crippen molar-refractivity contribution >= 4 is 5.82 Å². The number of hydrogen-bond donors (Lipinski definition) is 2. The van der Waals surface area contributed by atoms with Crippen LogP contribution >= 0.6 is 0 Å². The van der Waals surface area contributed by atoms with Gasteiger partial charge >= 0.3 is 0 Å². The topological polar surface area (TPSA) is 87.9 Å². The van der Waals surface area contributed by atoms with E-state index < -0.39 is 5.60 Å². The van der Waals surface area contributed by atoms with E-state index in [2.05, 4.69) is 4.98 Å². The number of nitrogens with two attached hydrogens (primary N) is 1. The summed E-state index contributed by atoms with van der Waals surface area (Å²) in [6, 6.07) is 1.86. The van der Waals surface area contributed by atoms with Gasteiger partial charge < -0.3 is 15.4 Å². The molecule has 0 atom stereocenters. The summed E-state index contributed by atoms with van der Waals surface area (Å²) in [7, 11) is 0. The van der Waals surface area contributed by atoms with Gasteiger partial charge in [0, 0.05) is 0 Å². The van der Waals surface area contributed by atoms with Crippen LogP contribution in [-0.2, 0) is 6.54 Å². The Labute approximate surface area is 76.4 Å². The molecule has 0 aliphatic rings. The van der Waals surface area contributed by atoms with Crippen LogP contribution in [0.4, 0.5) is 5.82 Å². The molecule has 1 rings (SSSR count). The molecule has 0 aliphatic heterocycles. The SMILES string of the molecule is CC(C)(O)Cn1cnc(C#N)c1N. The van der Waals surface area contributed by atoms with Gasteiger partial charge in [-0.25, -0.2) is 4.98 Å². The van der Waals surface area contributed by atoms with Crippen molar-refractivity contribution in [3.63, 3.8) is 0 Å². The van der Waals surface area contributed by atoms with Crippen LogP contribution in [0.2, 0.25) is 0 Å². The third kappa shape index (κ3) is 2.20. The van der Waals surface area contributed by atoms with E-state index in [1.165, 1.54) is 6.33 Å². The summed E-state index contributed by atoms with van der Waals surface area (Å²) < 4.78 is 1.55. The minimum atomic E-state index is -0.860. The van der Waals surface area contributed by atoms with E-state index in [1.807, 2.05) is 6.07 Å². The molecule has 1 aromatic rings. The first-order valence-corrected chi connectivity index (χ1v) is 3.87. The lowest BCUT2D eigenvalue weighted by molar-refractivity contribution is 0.0621. The van der Waals surface area contributed by atoms with Gasteiger partial charge in [-0.1, -0.05) is 0 Å². The number of imidazole rings is 1. The van der Waals surface area contributed by atoms with Crippen molar-refractivity contribution < 1.29 is 5.11 Å². The Kier molecular flexibility index (Phi) is 2.26. The maximum absolute atomic E-state index is 9.49. The molecule has 3 N–H and O–H groups in total. The number of nitrogens with zero attached hydrogens (tertiary/aromatic N) is 3. The quantitative estimate of drug-likeness (QED) is 0.676. The summed E-state index contributed by atoms with van der Waals surface area (Å²) in [5.74, 6) is 0.296. The molecule has 0 unspecified atom stereocenters. The third-order valence-corrected chi connectivity index (χ3v) is 1.54. The van der Waals surface area contributed by atoms with Gasteiger partial charge in [0.05, 0.1) is 18.5 Å². The average Bonchev–Trinajstić information content (AvgIpc) is 2.30. The van der Waals surface area contributed by atoms with Crippen LogP contribution in [0.5, 0.6) is 0 Å². The van der Waals surface area contributed by atoms with Crippen molar-refractivity contribution in [2.24, 2.45) is 0 Å². The van der Waals surface area contributed by atoms with Crippen molar-refractivity contribution in [1.29, 1.82) is 5.26 Å². The van der Waals surface area contributed by atoms with Gasteiger partial charge in [0.1, 0.15) is 11.9 Å². The molecule has 0 bridgehead atoms. The molecule has 0 aromatic carbocycles. The highest BCUT2D eigenvalue weighted by Gasteiger charge is 2.16. The molecular weight excluding hydrogens is 168 g/mol. The highest BCUT2D eigenvalue weighted by Crippen LogP contribution is 2.13. The minimum Gasteiger partial charge on any atom is -0.389 e. The van der Waals surface area contributed by atoms with Gasteiger partial charge in [-0.3, -0.25) is 0 Å². The van der Waals surface area contributed by atoms with Crippen molar-refractivity contribution in [2.45, 2.75) is 26.0 Å². The Hall–Kier alpha value is -1.54. The molecule has 0 fully saturated rings. The average molecular weight is 180 g/mol. The van der Waals surface area contributed by atoms with Crippen LogP contribution in [0.3, 0.4) is 0 Å². The summed E-state index contributed by atoms with van der Waals surface area (Å²) in [5.41, 5.74) is 4.93. The first-order chi connectivity index (χ1) is 5.94. The number of aliphatic hydroxyl groups is 1. The molecule has 1 aromatic heterocycles. The van der Waals surface area contributed by atoms with Gasteiger partial charge in [0.15, 0.2) is 5.69 Å². The molecule has 0 amide bonds. The third-order valence-electron chi connectivity index (χ3n) is 1.54. The molecule has 0 radical (unpaired) electrons. The zero-order chi connectivity index (χ0) is 10.1. The molecule has 1 heterocycles. The van der Waals surface area contributed by atoms with E-state index in [0.29, 0.717) is 12.4 Å². The number of nitriles is 1. The van der Waals surface area contributed by atoms with Crippen LogP contribution < -0.4 is 5.73 Å². The molecule has 0 spiro atoms. The van der Waals surface area contributed by atoms with E-state index in [1.54, 1.807) is 18.4 Å². The smallest absolute Gasteiger partial charge is 0.182 e. The van der Waals surface area contributed by atoms with E-state index >= 15 is 0 Å². The number of anilines is 1. The predicted octanol–water partition coefficient (Wildman–Crippen LogP) is 0.108. The number of rotatable bonds is 2. The summed E-state index contributed by atoms with van der Waals surface area (Å²) >= 11 is 0. The summed E-state index contributed by atoms with van der Waals surface area (Å²) in [6.07, 6.45) is 1.45. The highest BCUT2D eigenvalue weighted by molar-refractivity contribution is 5.44. The van der Waals surface area contributed by atoms with Gasteiger partial charge in [-0.15, -0.1) is 0 Å². The highest BCUT2D eigenvalue weighted by atomic mass is 16.3. The van der Waals surface area contributed by atoms with Crippen molar-refractivity contribution in [2.75, 3.05) is 5.73 Å². The Bertz CT molecular complexity index is 342. The fourth-order valence-corrected chi connectivity index (χ4v) is 1.02. The first-order valence-electron chi connectivity index (χ1n) is 3.87. The zero-order valence-corrected chi connectivity index (χ0v) is 7.65. The van der Waals surface area contributed by atoms with Gasteiger partial charge in [0.25, 0.3) is 0 Å². The standard InChI is InChI=1S/C8H12N4O/c1-8(2,13)4-12-5-11-6(3-9)7(12)10/h5,13H,4,10H2,1-2H3. The second kappa shape index (κ2) is 3.07. The Morgan fingerprint density at radius 1 is 1.77 bits per heavy atom. The number of hydrogen-bond acceptors (Lipinski definition) is 4. The Balaban J connectivity index is 2.93. The summed E-state index contributed by atoms with van der Waals surface area (Å²) in [5, 5.41) is 18.1. The lowest BCUT2D eigenvalue weighted by atomic mass is 10.1. The maximum Gasteiger partial charge on any atom is 0.182 e. The molecule has 5 heteroatoms. The van der Waals surface area contributed by atoms with Crippen LogP contribution in [0, 0.1) is 11.3 Å². The van der Waals surface area contributed by atoms with E-state index in [-0.39, 0.29) is 5.69 Å². The van der Waals surface area contributed by atoms with Crippen LogP contribution in [0.25, 0.3) is 0 Å². The van der Waals surface area contributed by atoms with Gasteiger partial charge in [-0.05, 0) is 13.8 Å². The molecular formula is C8H12N4O. The lowest BCUT2D eigenvalue weighted by Crippen LogP contribution is -2.26. The Morgan fingerprint density at radius 3 is 2.77 bits per heavy atom. The molecule has 0 saturated heterocycles. The number of nitrogen functional groups attached to an aromatic ring is 1. The minimum absolute atomic E-state index is 0.198.